The van der Waals surface area contributed by atoms with Gasteiger partial charge in [0.25, 0.3) is 0 Å². The molecule has 0 fully saturated rings. The van der Waals surface area contributed by atoms with Gasteiger partial charge in [0.15, 0.2) is 0 Å². The van der Waals surface area contributed by atoms with Gasteiger partial charge in [-0.25, -0.2) is 0 Å². The van der Waals surface area contributed by atoms with Gasteiger partial charge in [0.1, 0.15) is 12.3 Å². The van der Waals surface area contributed by atoms with Crippen LogP contribution in [-0.2, 0) is 6.54 Å². The van der Waals surface area contributed by atoms with Crippen molar-refractivity contribution in [3.63, 3.8) is 0 Å². The molecule has 0 saturated carbocycles. The second-order valence-electron chi connectivity index (χ2n) is 3.71. The van der Waals surface area contributed by atoms with E-state index in [0.29, 0.717) is 0 Å². The van der Waals surface area contributed by atoms with Gasteiger partial charge in [0, 0.05) is 0 Å². The maximum Gasteiger partial charge on any atom is 0.242 e. The van der Waals surface area contributed by atoms with Crippen LogP contribution < -0.4 is 15.0 Å². The van der Waals surface area contributed by atoms with Gasteiger partial charge >= 0.3 is 0 Å². The predicted molar refractivity (Wildman–Crippen MR) is 59.9 cm³/mol. The summed E-state index contributed by atoms with van der Waals surface area (Å²) in [7, 11) is 1.69. The zero-order valence-corrected chi connectivity index (χ0v) is 9.05. The average Bonchev–Trinajstić information content (AvgIpc) is 2.79. The smallest absolute Gasteiger partial charge is 0.242 e. The molecule has 1 heterocycles. The van der Waals surface area contributed by atoms with E-state index in [1.165, 1.54) is 17.8 Å². The lowest BCUT2D eigenvalue weighted by Crippen LogP contribution is -2.72. The maximum atomic E-state index is 5.18. The second kappa shape index (κ2) is 4.82. The SMILES string of the molecule is COc1cccc(CNC2=[NH+]CCC2)c1. The summed E-state index contributed by atoms with van der Waals surface area (Å²) >= 11 is 0. The molecule has 0 bridgehead atoms. The van der Waals surface area contributed by atoms with Crippen molar-refractivity contribution in [3.05, 3.63) is 29.8 Å². The van der Waals surface area contributed by atoms with Crippen LogP contribution in [0.3, 0.4) is 0 Å². The Morgan fingerprint density at radius 3 is 3.13 bits per heavy atom. The summed E-state index contributed by atoms with van der Waals surface area (Å²) in [6.07, 6.45) is 2.38. The molecule has 80 valence electrons. The first kappa shape index (κ1) is 10.0. The monoisotopic (exact) mass is 205 g/mol. The Kier molecular flexibility index (Phi) is 3.22. The lowest BCUT2D eigenvalue weighted by molar-refractivity contribution is -0.449. The van der Waals surface area contributed by atoms with Crippen LogP contribution in [0.4, 0.5) is 0 Å². The number of methoxy groups -OCH3 is 1. The molecule has 1 aromatic carbocycles. The molecule has 0 spiro atoms. The minimum atomic E-state index is 0.861. The standard InChI is InChI=1S/C12H16N2O/c1-15-11-5-2-4-10(8-11)9-14-12-6-3-7-13-12/h2,4-5,8H,3,6-7,9H2,1H3,(H,13,14)/p+1. The molecule has 0 radical (unpaired) electrons. The van der Waals surface area contributed by atoms with E-state index in [1.807, 2.05) is 12.1 Å². The number of nitrogens with one attached hydrogen (secondary N) is 2. The van der Waals surface area contributed by atoms with Crippen LogP contribution in [0.1, 0.15) is 18.4 Å². The largest absolute Gasteiger partial charge is 0.497 e. The van der Waals surface area contributed by atoms with E-state index in [-0.39, 0.29) is 0 Å². The van der Waals surface area contributed by atoms with Crippen LogP contribution in [-0.4, -0.2) is 19.5 Å². The van der Waals surface area contributed by atoms with Crippen molar-refractivity contribution in [2.24, 2.45) is 0 Å². The van der Waals surface area contributed by atoms with Gasteiger partial charge in [-0.05, 0) is 24.1 Å². The van der Waals surface area contributed by atoms with Gasteiger partial charge in [-0.3, -0.25) is 10.3 Å². The van der Waals surface area contributed by atoms with Crippen LogP contribution in [0.15, 0.2) is 24.3 Å². The summed E-state index contributed by atoms with van der Waals surface area (Å²) < 4.78 is 5.18. The first-order valence-electron chi connectivity index (χ1n) is 5.35. The highest BCUT2D eigenvalue weighted by molar-refractivity contribution is 5.77. The highest BCUT2D eigenvalue weighted by atomic mass is 16.5. The molecule has 0 aromatic heterocycles. The molecule has 1 aromatic rings. The van der Waals surface area contributed by atoms with Crippen LogP contribution in [0.25, 0.3) is 0 Å². The predicted octanol–water partition coefficient (Wildman–Crippen LogP) is 0.0577. The molecule has 1 aliphatic rings. The molecule has 15 heavy (non-hydrogen) atoms. The Morgan fingerprint density at radius 2 is 2.40 bits per heavy atom. The highest BCUT2D eigenvalue weighted by Gasteiger charge is 2.11. The fraction of sp³-hybridized carbons (Fsp3) is 0.417. The lowest BCUT2D eigenvalue weighted by atomic mass is 10.2. The fourth-order valence-corrected chi connectivity index (χ4v) is 1.73. The Labute approximate surface area is 90.2 Å². The quantitative estimate of drug-likeness (QED) is 0.732. The van der Waals surface area contributed by atoms with Crippen molar-refractivity contribution in [1.29, 1.82) is 0 Å². The number of ether oxygens (including phenoxy) is 1. The summed E-state index contributed by atoms with van der Waals surface area (Å²) in [4.78, 5) is 3.33. The molecule has 3 nitrogen and oxygen atoms in total. The fourth-order valence-electron chi connectivity index (χ4n) is 1.73. The Bertz CT molecular complexity index is 360. The van der Waals surface area contributed by atoms with E-state index in [9.17, 15) is 0 Å². The molecule has 0 aliphatic carbocycles. The molecule has 0 saturated heterocycles. The Hall–Kier alpha value is -1.51. The van der Waals surface area contributed by atoms with Crippen molar-refractivity contribution < 1.29 is 9.73 Å². The normalized spacial score (nSPS) is 14.9. The van der Waals surface area contributed by atoms with E-state index in [0.717, 1.165) is 25.3 Å². The number of amidine groups is 1. The van der Waals surface area contributed by atoms with E-state index in [1.54, 1.807) is 7.11 Å². The summed E-state index contributed by atoms with van der Waals surface area (Å²) in [5.74, 6) is 2.18. The van der Waals surface area contributed by atoms with Gasteiger partial charge < -0.3 is 4.74 Å². The van der Waals surface area contributed by atoms with Gasteiger partial charge in [-0.2, -0.15) is 0 Å². The van der Waals surface area contributed by atoms with Gasteiger partial charge in [0.2, 0.25) is 5.84 Å². The van der Waals surface area contributed by atoms with Crippen molar-refractivity contribution in [3.8, 4) is 5.75 Å². The minimum absolute atomic E-state index is 0.861. The molecule has 0 atom stereocenters. The molecule has 3 heteroatoms. The first-order valence-corrected chi connectivity index (χ1v) is 5.35. The lowest BCUT2D eigenvalue weighted by Gasteiger charge is -2.03. The summed E-state index contributed by atoms with van der Waals surface area (Å²) in [5, 5.41) is 3.40. The van der Waals surface area contributed by atoms with E-state index >= 15 is 0 Å². The Morgan fingerprint density at radius 1 is 1.47 bits per heavy atom. The topological polar surface area (TPSA) is 35.2 Å². The second-order valence-corrected chi connectivity index (χ2v) is 3.71. The Balaban J connectivity index is 1.92. The summed E-state index contributed by atoms with van der Waals surface area (Å²) in [6, 6.07) is 8.14. The van der Waals surface area contributed by atoms with Crippen molar-refractivity contribution >= 4 is 5.84 Å². The molecule has 2 rings (SSSR count). The van der Waals surface area contributed by atoms with Crippen LogP contribution in [0.2, 0.25) is 0 Å². The average molecular weight is 205 g/mol. The molecule has 0 amide bonds. The molecular formula is C12H17N2O+. The minimum Gasteiger partial charge on any atom is -0.497 e. The van der Waals surface area contributed by atoms with Crippen LogP contribution in [0.5, 0.6) is 5.75 Å². The van der Waals surface area contributed by atoms with Gasteiger partial charge in [0.05, 0.1) is 20.1 Å². The van der Waals surface area contributed by atoms with Crippen molar-refractivity contribution in [1.82, 2.24) is 5.32 Å². The number of rotatable bonds is 3. The van der Waals surface area contributed by atoms with E-state index < -0.39 is 0 Å². The van der Waals surface area contributed by atoms with Gasteiger partial charge in [-0.15, -0.1) is 0 Å². The number of hydrogen-bond acceptors (Lipinski definition) is 2. The number of benzene rings is 1. The van der Waals surface area contributed by atoms with Crippen LogP contribution in [0, 0.1) is 0 Å². The third-order valence-corrected chi connectivity index (χ3v) is 2.58. The zero-order chi connectivity index (χ0) is 10.5. The summed E-state index contributed by atoms with van der Waals surface area (Å²) in [5.41, 5.74) is 1.25. The maximum absolute atomic E-state index is 5.18. The third kappa shape index (κ3) is 2.72. The third-order valence-electron chi connectivity index (χ3n) is 2.58. The molecule has 2 N–H and O–H groups in total. The van der Waals surface area contributed by atoms with Crippen LogP contribution >= 0.6 is 0 Å². The van der Waals surface area contributed by atoms with Crippen molar-refractivity contribution in [2.75, 3.05) is 13.7 Å². The van der Waals surface area contributed by atoms with E-state index in [4.69, 9.17) is 4.74 Å². The first-order chi connectivity index (χ1) is 7.38. The number of hydrogen-bond donors (Lipinski definition) is 2. The molecular weight excluding hydrogens is 188 g/mol. The molecule has 1 aliphatic heterocycles. The van der Waals surface area contributed by atoms with E-state index in [2.05, 4.69) is 22.4 Å². The molecule has 0 unspecified atom stereocenters. The highest BCUT2D eigenvalue weighted by Crippen LogP contribution is 2.12. The zero-order valence-electron chi connectivity index (χ0n) is 9.05. The van der Waals surface area contributed by atoms with Crippen molar-refractivity contribution in [2.45, 2.75) is 19.4 Å². The van der Waals surface area contributed by atoms with Gasteiger partial charge in [-0.1, -0.05) is 12.1 Å². The summed E-state index contributed by atoms with van der Waals surface area (Å²) in [6.45, 7) is 1.96.